The molecule has 0 aliphatic heterocycles. The van der Waals surface area contributed by atoms with Crippen molar-refractivity contribution in [2.45, 2.75) is 0 Å². The number of nitrogens with one attached hydrogen (secondary N) is 1. The first kappa shape index (κ1) is 6.73. The van der Waals surface area contributed by atoms with Crippen LogP contribution in [0.1, 0.15) is 0 Å². The lowest BCUT2D eigenvalue weighted by molar-refractivity contribution is 0.757. The molecule has 9 heavy (non-hydrogen) atoms. The van der Waals surface area contributed by atoms with Crippen molar-refractivity contribution < 1.29 is 0 Å². The highest BCUT2D eigenvalue weighted by Gasteiger charge is 1.86. The molecule has 0 saturated heterocycles. The first-order valence-corrected chi connectivity index (χ1v) is 3.51. The topological polar surface area (TPSA) is 41.7 Å². The minimum atomic E-state index is 0.287. The van der Waals surface area contributed by atoms with Gasteiger partial charge in [-0.2, -0.15) is 0 Å². The summed E-state index contributed by atoms with van der Waals surface area (Å²) in [7, 11) is 1.80. The van der Waals surface area contributed by atoms with Crippen molar-refractivity contribution in [1.29, 1.82) is 5.41 Å². The molecule has 0 aliphatic carbocycles. The van der Waals surface area contributed by atoms with E-state index in [1.807, 2.05) is 6.20 Å². The van der Waals surface area contributed by atoms with Crippen LogP contribution in [0, 0.1) is 8.98 Å². The monoisotopic (exact) mass is 235 g/mol. The SMILES string of the molecule is Cn1cc(I)cnc1=N. The maximum absolute atomic E-state index is 7.16. The van der Waals surface area contributed by atoms with Gasteiger partial charge in [0, 0.05) is 23.0 Å². The molecule has 1 aromatic rings. The van der Waals surface area contributed by atoms with Gasteiger partial charge in [0.25, 0.3) is 0 Å². The maximum atomic E-state index is 7.16. The zero-order chi connectivity index (χ0) is 6.85. The predicted molar refractivity (Wildman–Crippen MR) is 41.8 cm³/mol. The fourth-order valence-electron chi connectivity index (χ4n) is 0.493. The van der Waals surface area contributed by atoms with Crippen molar-refractivity contribution in [3.63, 3.8) is 0 Å². The summed E-state index contributed by atoms with van der Waals surface area (Å²) in [5, 5.41) is 7.16. The van der Waals surface area contributed by atoms with Crippen LogP contribution in [-0.2, 0) is 7.05 Å². The molecule has 1 rings (SSSR count). The van der Waals surface area contributed by atoms with Gasteiger partial charge in [-0.25, -0.2) is 4.98 Å². The van der Waals surface area contributed by atoms with E-state index in [0.29, 0.717) is 0 Å². The molecule has 48 valence electrons. The fraction of sp³-hybridized carbons (Fsp3) is 0.200. The van der Waals surface area contributed by atoms with Gasteiger partial charge in [0.2, 0.25) is 5.62 Å². The van der Waals surface area contributed by atoms with Crippen molar-refractivity contribution in [3.05, 3.63) is 21.6 Å². The molecule has 0 unspecified atom stereocenters. The zero-order valence-corrected chi connectivity index (χ0v) is 7.08. The molecule has 0 amide bonds. The number of rotatable bonds is 0. The highest BCUT2D eigenvalue weighted by Crippen LogP contribution is 1.95. The minimum absolute atomic E-state index is 0.287. The molecular formula is C5H6IN3. The number of hydrogen-bond acceptors (Lipinski definition) is 2. The predicted octanol–water partition coefficient (Wildman–Crippen LogP) is 0.504. The molecule has 4 heteroatoms. The number of halogens is 1. The molecule has 0 fully saturated rings. The lowest BCUT2D eigenvalue weighted by Crippen LogP contribution is -2.18. The number of nitrogens with zero attached hydrogens (tertiary/aromatic N) is 2. The van der Waals surface area contributed by atoms with Crippen LogP contribution < -0.4 is 5.62 Å². The van der Waals surface area contributed by atoms with Crippen LogP contribution in [0.3, 0.4) is 0 Å². The Morgan fingerprint density at radius 2 is 2.44 bits per heavy atom. The standard InChI is InChI=1S/C5H6IN3/c1-9-3-4(6)2-8-5(9)7/h2-3,7H,1H3. The quantitative estimate of drug-likeness (QED) is 0.654. The number of hydrogen-bond donors (Lipinski definition) is 1. The Hall–Kier alpha value is -0.390. The average Bonchev–Trinajstić information content (AvgIpc) is 1.80. The highest BCUT2D eigenvalue weighted by molar-refractivity contribution is 14.1. The average molecular weight is 235 g/mol. The Morgan fingerprint density at radius 1 is 1.78 bits per heavy atom. The van der Waals surface area contributed by atoms with Crippen LogP contribution in [0.25, 0.3) is 0 Å². The van der Waals surface area contributed by atoms with Gasteiger partial charge in [0.1, 0.15) is 0 Å². The summed E-state index contributed by atoms with van der Waals surface area (Å²) in [5.74, 6) is 0. The summed E-state index contributed by atoms with van der Waals surface area (Å²) in [4.78, 5) is 3.80. The summed E-state index contributed by atoms with van der Waals surface area (Å²) in [5.41, 5.74) is 0.287. The number of aryl methyl sites for hydroxylation is 1. The first-order chi connectivity index (χ1) is 4.20. The Bertz CT molecular complexity index is 265. The van der Waals surface area contributed by atoms with Crippen molar-refractivity contribution in [2.75, 3.05) is 0 Å². The summed E-state index contributed by atoms with van der Waals surface area (Å²) < 4.78 is 2.72. The molecule has 0 aliphatic rings. The Morgan fingerprint density at radius 3 is 2.89 bits per heavy atom. The fourth-order valence-corrected chi connectivity index (χ4v) is 1.05. The largest absolute Gasteiger partial charge is 0.320 e. The second-order valence-electron chi connectivity index (χ2n) is 1.71. The zero-order valence-electron chi connectivity index (χ0n) is 4.93. The molecule has 0 bridgehead atoms. The van der Waals surface area contributed by atoms with E-state index in [9.17, 15) is 0 Å². The third-order valence-electron chi connectivity index (χ3n) is 0.961. The van der Waals surface area contributed by atoms with Crippen LogP contribution in [0.2, 0.25) is 0 Å². The van der Waals surface area contributed by atoms with E-state index in [4.69, 9.17) is 5.41 Å². The van der Waals surface area contributed by atoms with Gasteiger partial charge in [-0.3, -0.25) is 5.41 Å². The maximum Gasteiger partial charge on any atom is 0.221 e. The summed E-state index contributed by atoms with van der Waals surface area (Å²) >= 11 is 2.16. The molecule has 0 atom stereocenters. The van der Waals surface area contributed by atoms with E-state index >= 15 is 0 Å². The Labute approximate surface area is 66.4 Å². The van der Waals surface area contributed by atoms with Gasteiger partial charge in [0.15, 0.2) is 0 Å². The molecule has 1 heterocycles. The number of aromatic nitrogens is 2. The van der Waals surface area contributed by atoms with Crippen LogP contribution in [0.4, 0.5) is 0 Å². The third kappa shape index (κ3) is 1.51. The molecule has 1 aromatic heterocycles. The lowest BCUT2D eigenvalue weighted by Gasteiger charge is -1.95. The lowest BCUT2D eigenvalue weighted by atomic mass is 10.7. The van der Waals surface area contributed by atoms with Crippen LogP contribution in [0.5, 0.6) is 0 Å². The first-order valence-electron chi connectivity index (χ1n) is 2.43. The normalized spacial score (nSPS) is 9.56. The van der Waals surface area contributed by atoms with Gasteiger partial charge < -0.3 is 4.57 Å². The summed E-state index contributed by atoms with van der Waals surface area (Å²) in [6, 6.07) is 0. The van der Waals surface area contributed by atoms with E-state index in [1.165, 1.54) is 0 Å². The molecule has 0 radical (unpaired) electrons. The molecular weight excluding hydrogens is 229 g/mol. The minimum Gasteiger partial charge on any atom is -0.320 e. The smallest absolute Gasteiger partial charge is 0.221 e. The van der Waals surface area contributed by atoms with Crippen LogP contribution in [0.15, 0.2) is 12.4 Å². The summed E-state index contributed by atoms with van der Waals surface area (Å²) in [6.45, 7) is 0. The molecule has 0 saturated carbocycles. The van der Waals surface area contributed by atoms with E-state index in [0.717, 1.165) is 3.57 Å². The second-order valence-corrected chi connectivity index (χ2v) is 2.95. The van der Waals surface area contributed by atoms with E-state index in [-0.39, 0.29) is 5.62 Å². The van der Waals surface area contributed by atoms with Gasteiger partial charge >= 0.3 is 0 Å². The Balaban J connectivity index is 3.34. The van der Waals surface area contributed by atoms with Gasteiger partial charge in [-0.1, -0.05) is 0 Å². The van der Waals surface area contributed by atoms with E-state index in [2.05, 4.69) is 27.6 Å². The van der Waals surface area contributed by atoms with Crippen molar-refractivity contribution in [3.8, 4) is 0 Å². The molecule has 0 spiro atoms. The van der Waals surface area contributed by atoms with Crippen molar-refractivity contribution >= 4 is 22.6 Å². The summed E-state index contributed by atoms with van der Waals surface area (Å²) in [6.07, 6.45) is 3.53. The second kappa shape index (κ2) is 2.47. The van der Waals surface area contributed by atoms with Crippen molar-refractivity contribution in [1.82, 2.24) is 9.55 Å². The van der Waals surface area contributed by atoms with Gasteiger partial charge in [0.05, 0.1) is 0 Å². The molecule has 0 aromatic carbocycles. The molecule has 3 nitrogen and oxygen atoms in total. The Kier molecular flexibility index (Phi) is 1.84. The highest BCUT2D eigenvalue weighted by atomic mass is 127. The van der Waals surface area contributed by atoms with Gasteiger partial charge in [-0.15, -0.1) is 0 Å². The van der Waals surface area contributed by atoms with E-state index in [1.54, 1.807) is 17.8 Å². The van der Waals surface area contributed by atoms with Crippen LogP contribution in [-0.4, -0.2) is 9.55 Å². The van der Waals surface area contributed by atoms with Crippen LogP contribution >= 0.6 is 22.6 Å². The van der Waals surface area contributed by atoms with E-state index < -0.39 is 0 Å². The van der Waals surface area contributed by atoms with Gasteiger partial charge in [-0.05, 0) is 22.6 Å². The van der Waals surface area contributed by atoms with Crippen molar-refractivity contribution in [2.24, 2.45) is 7.05 Å². The molecule has 1 N–H and O–H groups in total. The third-order valence-corrected chi connectivity index (χ3v) is 1.52.